The van der Waals surface area contributed by atoms with Gasteiger partial charge >= 0.3 is 0 Å². The smallest absolute Gasteiger partial charge is 0.279 e. The van der Waals surface area contributed by atoms with Crippen LogP contribution in [0, 0.1) is 18.6 Å². The molecule has 0 saturated carbocycles. The standard InChI is InChI=1S/C17H18F2N2O/c1-12-3-8-16(15(19)9-12)20-17(22)11-21(2)10-13-4-6-14(18)7-5-13/h3-9H,10-11H2,1-2H3,(H,20,22)/p+1. The largest absolute Gasteiger partial charge is 0.326 e. The zero-order valence-electron chi connectivity index (χ0n) is 12.6. The number of aryl methyl sites for hydroxylation is 1. The van der Waals surface area contributed by atoms with Crippen molar-refractivity contribution >= 4 is 11.6 Å². The molecule has 2 rings (SSSR count). The quantitative estimate of drug-likeness (QED) is 0.869. The Morgan fingerprint density at radius 2 is 1.82 bits per heavy atom. The number of benzene rings is 2. The number of anilines is 1. The predicted molar refractivity (Wildman–Crippen MR) is 81.6 cm³/mol. The molecule has 0 spiro atoms. The number of hydrogen-bond acceptors (Lipinski definition) is 1. The van der Waals surface area contributed by atoms with Gasteiger partial charge in [0.15, 0.2) is 6.54 Å². The van der Waals surface area contributed by atoms with Crippen LogP contribution in [0.25, 0.3) is 0 Å². The first-order valence-corrected chi connectivity index (χ1v) is 7.06. The molecule has 0 saturated heterocycles. The van der Waals surface area contributed by atoms with E-state index < -0.39 is 5.82 Å². The van der Waals surface area contributed by atoms with Gasteiger partial charge in [0.2, 0.25) is 0 Å². The van der Waals surface area contributed by atoms with Crippen molar-refractivity contribution in [3.63, 3.8) is 0 Å². The predicted octanol–water partition coefficient (Wildman–Crippen LogP) is 1.93. The van der Waals surface area contributed by atoms with Crippen molar-refractivity contribution in [1.29, 1.82) is 0 Å². The molecule has 1 amide bonds. The summed E-state index contributed by atoms with van der Waals surface area (Å²) in [7, 11) is 1.86. The van der Waals surface area contributed by atoms with Gasteiger partial charge in [-0.2, -0.15) is 0 Å². The molecule has 0 radical (unpaired) electrons. The first-order valence-electron chi connectivity index (χ1n) is 7.06. The Morgan fingerprint density at radius 1 is 1.14 bits per heavy atom. The maximum atomic E-state index is 13.7. The van der Waals surface area contributed by atoms with Gasteiger partial charge in [0.25, 0.3) is 5.91 Å². The fraction of sp³-hybridized carbons (Fsp3) is 0.235. The summed E-state index contributed by atoms with van der Waals surface area (Å²) in [6.45, 7) is 2.57. The summed E-state index contributed by atoms with van der Waals surface area (Å²) < 4.78 is 26.5. The van der Waals surface area contributed by atoms with Crippen LogP contribution in [0.2, 0.25) is 0 Å². The molecule has 3 nitrogen and oxygen atoms in total. The van der Waals surface area contributed by atoms with Gasteiger partial charge in [-0.15, -0.1) is 0 Å². The van der Waals surface area contributed by atoms with Crippen LogP contribution in [0.15, 0.2) is 42.5 Å². The summed E-state index contributed by atoms with van der Waals surface area (Å²) in [4.78, 5) is 12.9. The van der Waals surface area contributed by atoms with E-state index in [4.69, 9.17) is 0 Å². The normalized spacial score (nSPS) is 12.0. The SMILES string of the molecule is Cc1ccc(NC(=O)C[NH+](C)Cc2ccc(F)cc2)c(F)c1. The van der Waals surface area contributed by atoms with Gasteiger partial charge in [-0.1, -0.05) is 18.2 Å². The van der Waals surface area contributed by atoms with Gasteiger partial charge in [0, 0.05) is 5.56 Å². The van der Waals surface area contributed by atoms with Gasteiger partial charge in [0.05, 0.1) is 12.7 Å². The molecule has 0 bridgehead atoms. The molecule has 0 fully saturated rings. The van der Waals surface area contributed by atoms with E-state index in [9.17, 15) is 13.6 Å². The maximum Gasteiger partial charge on any atom is 0.279 e. The van der Waals surface area contributed by atoms with Crippen molar-refractivity contribution in [1.82, 2.24) is 0 Å². The highest BCUT2D eigenvalue weighted by Gasteiger charge is 2.13. The lowest BCUT2D eigenvalue weighted by Crippen LogP contribution is -3.08. The molecule has 2 N–H and O–H groups in total. The van der Waals surface area contributed by atoms with E-state index in [2.05, 4.69) is 5.32 Å². The third-order valence-corrected chi connectivity index (χ3v) is 3.28. The zero-order chi connectivity index (χ0) is 16.1. The Hall–Kier alpha value is -2.27. The third-order valence-electron chi connectivity index (χ3n) is 3.28. The van der Waals surface area contributed by atoms with Crippen LogP contribution >= 0.6 is 0 Å². The summed E-state index contributed by atoms with van der Waals surface area (Å²) in [6.07, 6.45) is 0. The number of nitrogens with one attached hydrogen (secondary N) is 2. The number of halogens is 2. The van der Waals surface area contributed by atoms with Crippen molar-refractivity contribution in [2.45, 2.75) is 13.5 Å². The van der Waals surface area contributed by atoms with Gasteiger partial charge in [-0.3, -0.25) is 4.79 Å². The van der Waals surface area contributed by atoms with Gasteiger partial charge in [-0.25, -0.2) is 8.78 Å². The average Bonchev–Trinajstić information content (AvgIpc) is 2.44. The Kier molecular flexibility index (Phi) is 5.22. The summed E-state index contributed by atoms with van der Waals surface area (Å²) in [5, 5.41) is 2.57. The summed E-state index contributed by atoms with van der Waals surface area (Å²) in [5.74, 6) is -0.985. The average molecular weight is 305 g/mol. The highest BCUT2D eigenvalue weighted by molar-refractivity contribution is 5.91. The second-order valence-corrected chi connectivity index (χ2v) is 5.47. The Bertz CT molecular complexity index is 656. The Balaban J connectivity index is 1.89. The number of amides is 1. The van der Waals surface area contributed by atoms with Crippen LogP contribution < -0.4 is 10.2 Å². The Morgan fingerprint density at radius 3 is 2.45 bits per heavy atom. The minimum atomic E-state index is -0.440. The molecule has 0 aliphatic heterocycles. The van der Waals surface area contributed by atoms with Crippen molar-refractivity contribution in [3.8, 4) is 0 Å². The van der Waals surface area contributed by atoms with Crippen molar-refractivity contribution < 1.29 is 18.5 Å². The van der Waals surface area contributed by atoms with E-state index >= 15 is 0 Å². The summed E-state index contributed by atoms with van der Waals surface area (Å²) in [6, 6.07) is 10.8. The number of quaternary nitrogens is 1. The monoisotopic (exact) mass is 305 g/mol. The van der Waals surface area contributed by atoms with Crippen LogP contribution in [-0.4, -0.2) is 19.5 Å². The molecule has 2 aromatic carbocycles. The third kappa shape index (κ3) is 4.63. The van der Waals surface area contributed by atoms with E-state index in [0.29, 0.717) is 6.54 Å². The van der Waals surface area contributed by atoms with Crippen LogP contribution in [0.1, 0.15) is 11.1 Å². The highest BCUT2D eigenvalue weighted by Crippen LogP contribution is 2.14. The topological polar surface area (TPSA) is 33.5 Å². The number of rotatable bonds is 5. The molecule has 116 valence electrons. The molecule has 0 heterocycles. The molecule has 0 aromatic heterocycles. The second-order valence-electron chi connectivity index (χ2n) is 5.47. The second kappa shape index (κ2) is 7.13. The fourth-order valence-electron chi connectivity index (χ4n) is 2.20. The van der Waals surface area contributed by atoms with Gasteiger partial charge in [0.1, 0.15) is 18.2 Å². The minimum absolute atomic E-state index is 0.185. The molecule has 2 aromatic rings. The molecule has 1 unspecified atom stereocenters. The van der Waals surface area contributed by atoms with E-state index in [1.54, 1.807) is 31.2 Å². The fourth-order valence-corrected chi connectivity index (χ4v) is 2.20. The number of hydrogen-bond donors (Lipinski definition) is 2. The molecule has 0 aliphatic carbocycles. The van der Waals surface area contributed by atoms with E-state index in [-0.39, 0.29) is 24.0 Å². The first kappa shape index (κ1) is 16.1. The maximum absolute atomic E-state index is 13.7. The van der Waals surface area contributed by atoms with Crippen molar-refractivity contribution in [3.05, 3.63) is 65.2 Å². The Labute approximate surface area is 128 Å². The molecule has 1 atom stereocenters. The van der Waals surface area contributed by atoms with Gasteiger partial charge in [-0.05, 0) is 36.8 Å². The van der Waals surface area contributed by atoms with Crippen LogP contribution in [0.3, 0.4) is 0 Å². The zero-order valence-corrected chi connectivity index (χ0v) is 12.6. The minimum Gasteiger partial charge on any atom is -0.326 e. The van der Waals surface area contributed by atoms with Crippen molar-refractivity contribution in [2.75, 3.05) is 18.9 Å². The van der Waals surface area contributed by atoms with Crippen LogP contribution in [-0.2, 0) is 11.3 Å². The summed E-state index contributed by atoms with van der Waals surface area (Å²) in [5.41, 5.74) is 1.92. The molecular formula is C17H19F2N2O+. The summed E-state index contributed by atoms with van der Waals surface area (Å²) >= 11 is 0. The van der Waals surface area contributed by atoms with E-state index in [0.717, 1.165) is 16.0 Å². The van der Waals surface area contributed by atoms with Gasteiger partial charge < -0.3 is 10.2 Å². The number of carbonyl (C=O) groups excluding carboxylic acids is 1. The van der Waals surface area contributed by atoms with E-state index in [1.807, 2.05) is 7.05 Å². The lowest BCUT2D eigenvalue weighted by Gasteiger charge is -2.14. The van der Waals surface area contributed by atoms with E-state index in [1.165, 1.54) is 18.2 Å². The first-order chi connectivity index (χ1) is 10.4. The lowest BCUT2D eigenvalue weighted by atomic mass is 10.2. The van der Waals surface area contributed by atoms with Crippen LogP contribution in [0.5, 0.6) is 0 Å². The molecular weight excluding hydrogens is 286 g/mol. The molecule has 0 aliphatic rings. The number of carbonyl (C=O) groups is 1. The molecule has 22 heavy (non-hydrogen) atoms. The van der Waals surface area contributed by atoms with Crippen molar-refractivity contribution in [2.24, 2.45) is 0 Å². The number of likely N-dealkylation sites (N-methyl/N-ethyl adjacent to an activating group) is 1. The molecule has 5 heteroatoms. The lowest BCUT2D eigenvalue weighted by molar-refractivity contribution is -0.885. The highest BCUT2D eigenvalue weighted by atomic mass is 19.1. The van der Waals surface area contributed by atoms with Crippen LogP contribution in [0.4, 0.5) is 14.5 Å².